The molecule has 1 aliphatic heterocycles. The molecule has 2 atom stereocenters. The van der Waals surface area contributed by atoms with Crippen LogP contribution in [0.25, 0.3) is 11.0 Å². The number of carbonyl (C=O) groups excluding carboxylic acids is 1. The molecule has 1 aromatic heterocycles. The Morgan fingerprint density at radius 1 is 1.31 bits per heavy atom. The van der Waals surface area contributed by atoms with E-state index in [0.29, 0.717) is 32.3 Å². The van der Waals surface area contributed by atoms with Crippen molar-refractivity contribution in [2.75, 3.05) is 18.6 Å². The molecule has 1 aliphatic rings. The van der Waals surface area contributed by atoms with E-state index >= 15 is 0 Å². The molecule has 0 spiro atoms. The van der Waals surface area contributed by atoms with Gasteiger partial charge in [0.15, 0.2) is 0 Å². The van der Waals surface area contributed by atoms with Crippen molar-refractivity contribution in [1.29, 1.82) is 0 Å². The van der Waals surface area contributed by atoms with Crippen molar-refractivity contribution in [3.63, 3.8) is 0 Å². The second kappa shape index (κ2) is 10.3. The summed E-state index contributed by atoms with van der Waals surface area (Å²) in [6, 6.07) is 8.89. The fourth-order valence-corrected chi connectivity index (χ4v) is 5.79. The Bertz CT molecular complexity index is 1370. The molecule has 13 heteroatoms. The van der Waals surface area contributed by atoms with Crippen molar-refractivity contribution in [2.45, 2.75) is 37.0 Å². The van der Waals surface area contributed by atoms with E-state index in [1.54, 1.807) is 35.8 Å². The third-order valence-electron chi connectivity index (χ3n) is 5.23. The van der Waals surface area contributed by atoms with Gasteiger partial charge in [-0.3, -0.25) is 8.98 Å². The second-order valence-electron chi connectivity index (χ2n) is 7.65. The highest BCUT2D eigenvalue weighted by atomic mass is 35.5. The lowest BCUT2D eigenvalue weighted by molar-refractivity contribution is -0.139. The summed E-state index contributed by atoms with van der Waals surface area (Å²) in [4.78, 5) is 17.0. The number of hydrogen-bond donors (Lipinski definition) is 0. The van der Waals surface area contributed by atoms with Gasteiger partial charge in [0.1, 0.15) is 17.7 Å². The number of alkyl halides is 2. The van der Waals surface area contributed by atoms with E-state index in [2.05, 4.69) is 4.98 Å². The first-order chi connectivity index (χ1) is 16.6. The molecular weight excluding hydrogens is 526 g/mol. The van der Waals surface area contributed by atoms with E-state index in [0.717, 1.165) is 18.0 Å². The maximum Gasteiger partial charge on any atom is 0.387 e. The summed E-state index contributed by atoms with van der Waals surface area (Å²) in [5.41, 5.74) is 1.46. The fraction of sp³-hybridized carbons (Fsp3) is 0.364. The number of fused-ring (bicyclic) bond motifs is 3. The first-order valence-corrected chi connectivity index (χ1v) is 13.7. The number of rotatable bonds is 9. The molecule has 0 amide bonds. The molecule has 0 saturated heterocycles. The molecule has 2 aromatic carbocycles. The first-order valence-electron chi connectivity index (χ1n) is 10.5. The first kappa shape index (κ1) is 25.7. The summed E-state index contributed by atoms with van der Waals surface area (Å²) in [6.45, 7) is -1.21. The van der Waals surface area contributed by atoms with Gasteiger partial charge >= 0.3 is 12.6 Å². The SMILES string of the molecule is CCOC(=O)CSc1cccc(OC(F)F)c1[C@@H]1C[C@H](OS(C)(=O)=O)c2nc3ccc(Cl)cc3n21. The van der Waals surface area contributed by atoms with Crippen LogP contribution in [0.15, 0.2) is 41.3 Å². The number of halogens is 3. The predicted octanol–water partition coefficient (Wildman–Crippen LogP) is 4.96. The van der Waals surface area contributed by atoms with Gasteiger partial charge < -0.3 is 14.0 Å². The number of hydrogen-bond acceptors (Lipinski definition) is 8. The number of ether oxygens (including phenoxy) is 2. The summed E-state index contributed by atoms with van der Waals surface area (Å²) in [5, 5.41) is 0.417. The minimum Gasteiger partial charge on any atom is -0.465 e. The van der Waals surface area contributed by atoms with Gasteiger partial charge in [-0.2, -0.15) is 17.2 Å². The van der Waals surface area contributed by atoms with Crippen LogP contribution in [0.2, 0.25) is 5.02 Å². The molecule has 0 N–H and O–H groups in total. The smallest absolute Gasteiger partial charge is 0.387 e. The molecule has 0 fully saturated rings. The maximum absolute atomic E-state index is 13.3. The van der Waals surface area contributed by atoms with Gasteiger partial charge in [-0.1, -0.05) is 17.7 Å². The van der Waals surface area contributed by atoms with Crippen LogP contribution in [-0.4, -0.2) is 49.2 Å². The highest BCUT2D eigenvalue weighted by Gasteiger charge is 2.40. The van der Waals surface area contributed by atoms with Crippen molar-refractivity contribution in [2.24, 2.45) is 0 Å². The fourth-order valence-electron chi connectivity index (χ4n) is 4.11. The van der Waals surface area contributed by atoms with E-state index < -0.39 is 34.8 Å². The number of nitrogens with zero attached hydrogens (tertiary/aromatic N) is 2. The van der Waals surface area contributed by atoms with Crippen molar-refractivity contribution in [3.8, 4) is 5.75 Å². The van der Waals surface area contributed by atoms with E-state index in [-0.39, 0.29) is 24.5 Å². The molecule has 0 bridgehead atoms. The number of imidazole rings is 1. The van der Waals surface area contributed by atoms with Crippen LogP contribution in [0.5, 0.6) is 5.75 Å². The Kier molecular flexibility index (Phi) is 7.55. The van der Waals surface area contributed by atoms with Crippen LogP contribution in [0.3, 0.4) is 0 Å². The zero-order chi connectivity index (χ0) is 25.3. The van der Waals surface area contributed by atoms with Crippen molar-refractivity contribution < 1.29 is 35.6 Å². The molecule has 3 aromatic rings. The summed E-state index contributed by atoms with van der Waals surface area (Å²) in [6.07, 6.45) is 0.0382. The third kappa shape index (κ3) is 5.71. The number of esters is 1. The lowest BCUT2D eigenvalue weighted by atomic mass is 10.0. The highest BCUT2D eigenvalue weighted by molar-refractivity contribution is 8.00. The highest BCUT2D eigenvalue weighted by Crippen LogP contribution is 2.49. The van der Waals surface area contributed by atoms with Gasteiger partial charge in [-0.15, -0.1) is 11.8 Å². The topological polar surface area (TPSA) is 96.7 Å². The normalized spacial score (nSPS) is 17.7. The zero-order valence-corrected chi connectivity index (χ0v) is 21.0. The van der Waals surface area contributed by atoms with E-state index in [1.165, 1.54) is 12.1 Å². The molecule has 188 valence electrons. The molecule has 8 nitrogen and oxygen atoms in total. The Morgan fingerprint density at radius 2 is 2.09 bits per heavy atom. The van der Waals surface area contributed by atoms with E-state index in [4.69, 9.17) is 25.3 Å². The van der Waals surface area contributed by atoms with Crippen molar-refractivity contribution in [1.82, 2.24) is 9.55 Å². The quantitative estimate of drug-likeness (QED) is 0.211. The molecule has 35 heavy (non-hydrogen) atoms. The van der Waals surface area contributed by atoms with Crippen LogP contribution in [0.1, 0.15) is 36.9 Å². The summed E-state index contributed by atoms with van der Waals surface area (Å²) in [5.74, 6) is -0.313. The van der Waals surface area contributed by atoms with Crippen LogP contribution in [0.4, 0.5) is 8.78 Å². The third-order valence-corrected chi connectivity index (χ3v) is 7.10. The average molecular weight is 547 g/mol. The van der Waals surface area contributed by atoms with Gasteiger partial charge in [0, 0.05) is 21.9 Å². The molecule has 2 heterocycles. The van der Waals surface area contributed by atoms with Crippen LogP contribution in [0, 0.1) is 0 Å². The standard InChI is InChI=1S/C22H21ClF2N2O6S2/c1-3-31-19(28)11-34-18-6-4-5-16(32-22(24)25)20(18)15-10-17(33-35(2,29)30)21-26-13-8-7-12(23)9-14(13)27(15)21/h4-9,15,17,22H,3,10-11H2,1-2H3/t15-,17-/m0/s1. The number of carbonyl (C=O) groups is 1. The van der Waals surface area contributed by atoms with Crippen LogP contribution in [-0.2, 0) is 23.8 Å². The largest absolute Gasteiger partial charge is 0.465 e. The van der Waals surface area contributed by atoms with E-state index in [9.17, 15) is 22.0 Å². The minimum atomic E-state index is -3.87. The Labute approximate surface area is 209 Å². The maximum atomic E-state index is 13.3. The average Bonchev–Trinajstić information content (AvgIpc) is 3.29. The molecule has 0 radical (unpaired) electrons. The van der Waals surface area contributed by atoms with Crippen LogP contribution < -0.4 is 4.74 Å². The Balaban J connectivity index is 1.87. The number of aromatic nitrogens is 2. The van der Waals surface area contributed by atoms with Gasteiger partial charge in [-0.05, 0) is 37.3 Å². The number of benzene rings is 2. The molecule has 4 rings (SSSR count). The Hall–Kier alpha value is -2.41. The lowest BCUT2D eigenvalue weighted by Crippen LogP contribution is -2.13. The summed E-state index contributed by atoms with van der Waals surface area (Å²) in [7, 11) is -3.87. The molecule has 0 unspecified atom stereocenters. The number of thioether (sulfide) groups is 1. The van der Waals surface area contributed by atoms with E-state index in [1.807, 2.05) is 0 Å². The monoisotopic (exact) mass is 546 g/mol. The van der Waals surface area contributed by atoms with Crippen molar-refractivity contribution >= 4 is 50.5 Å². The Morgan fingerprint density at radius 3 is 2.77 bits per heavy atom. The van der Waals surface area contributed by atoms with Gasteiger partial charge in [-0.25, -0.2) is 4.98 Å². The second-order valence-corrected chi connectivity index (χ2v) is 10.7. The minimum absolute atomic E-state index is 0.0572. The lowest BCUT2D eigenvalue weighted by Gasteiger charge is -2.22. The summed E-state index contributed by atoms with van der Waals surface area (Å²) < 4.78 is 67.5. The molecule has 0 saturated carbocycles. The zero-order valence-electron chi connectivity index (χ0n) is 18.6. The molecule has 0 aliphatic carbocycles. The van der Waals surface area contributed by atoms with Gasteiger partial charge in [0.2, 0.25) is 0 Å². The van der Waals surface area contributed by atoms with Gasteiger partial charge in [0.25, 0.3) is 10.1 Å². The van der Waals surface area contributed by atoms with Crippen molar-refractivity contribution in [3.05, 3.63) is 52.8 Å². The molecular formula is C22H21ClF2N2O6S2. The predicted molar refractivity (Wildman–Crippen MR) is 127 cm³/mol. The summed E-state index contributed by atoms with van der Waals surface area (Å²) >= 11 is 7.32. The van der Waals surface area contributed by atoms with Gasteiger partial charge in [0.05, 0.1) is 35.7 Å². The van der Waals surface area contributed by atoms with Crippen LogP contribution >= 0.6 is 23.4 Å².